The van der Waals surface area contributed by atoms with Crippen molar-refractivity contribution in [2.75, 3.05) is 26.2 Å². The van der Waals surface area contributed by atoms with Crippen LogP contribution in [0.5, 0.6) is 0 Å². The second-order valence-corrected chi connectivity index (χ2v) is 8.32. The monoisotopic (exact) mass is 318 g/mol. The minimum atomic E-state index is -3.40. The molecule has 124 valence electrons. The van der Waals surface area contributed by atoms with Gasteiger partial charge >= 0.3 is 0 Å². The maximum absolute atomic E-state index is 12.9. The fraction of sp³-hybridized carbons (Fsp3) is 1.00. The van der Waals surface area contributed by atoms with Gasteiger partial charge in [0.2, 0.25) is 0 Å². The van der Waals surface area contributed by atoms with Crippen molar-refractivity contribution in [2.24, 2.45) is 5.92 Å². The van der Waals surface area contributed by atoms with E-state index in [4.69, 9.17) is 0 Å². The van der Waals surface area contributed by atoms with Crippen LogP contribution in [0.4, 0.5) is 0 Å². The van der Waals surface area contributed by atoms with E-state index in [9.17, 15) is 13.5 Å². The van der Waals surface area contributed by atoms with Crippen molar-refractivity contribution in [1.29, 1.82) is 0 Å². The van der Waals surface area contributed by atoms with Crippen LogP contribution in [0, 0.1) is 5.92 Å². The minimum absolute atomic E-state index is 0.0640. The Morgan fingerprint density at radius 3 is 2.57 bits per heavy atom. The van der Waals surface area contributed by atoms with E-state index in [0.29, 0.717) is 25.6 Å². The molecule has 2 unspecified atom stereocenters. The van der Waals surface area contributed by atoms with E-state index in [0.717, 1.165) is 38.5 Å². The summed E-state index contributed by atoms with van der Waals surface area (Å²) in [5.74, 6) is 0.671. The standard InChI is InChI=1S/C15H30N2O3S/c1-2-6-14-7-5-10-16(12-9-14)21(19,20)17-11-4-3-8-15(17)13-18/h14-15,18H,2-13H2,1H3. The molecule has 2 rings (SSSR count). The molecule has 0 radical (unpaired) electrons. The van der Waals surface area contributed by atoms with Crippen LogP contribution in [0.15, 0.2) is 0 Å². The van der Waals surface area contributed by atoms with Gasteiger partial charge in [-0.25, -0.2) is 0 Å². The highest BCUT2D eigenvalue weighted by atomic mass is 32.2. The van der Waals surface area contributed by atoms with Gasteiger partial charge in [0, 0.05) is 25.7 Å². The summed E-state index contributed by atoms with van der Waals surface area (Å²) in [7, 11) is -3.40. The molecule has 2 heterocycles. The zero-order valence-electron chi connectivity index (χ0n) is 13.2. The molecule has 0 spiro atoms. The van der Waals surface area contributed by atoms with Crippen LogP contribution in [0.2, 0.25) is 0 Å². The molecular weight excluding hydrogens is 288 g/mol. The summed E-state index contributed by atoms with van der Waals surface area (Å²) >= 11 is 0. The molecule has 0 amide bonds. The fourth-order valence-electron chi connectivity index (χ4n) is 3.68. The molecule has 2 atom stereocenters. The van der Waals surface area contributed by atoms with E-state index in [1.54, 1.807) is 8.61 Å². The van der Waals surface area contributed by atoms with Crippen molar-refractivity contribution in [3.63, 3.8) is 0 Å². The van der Waals surface area contributed by atoms with Gasteiger partial charge in [-0.3, -0.25) is 0 Å². The van der Waals surface area contributed by atoms with Crippen LogP contribution in [-0.4, -0.2) is 54.4 Å². The second kappa shape index (κ2) is 7.90. The Balaban J connectivity index is 2.04. The number of hydrogen-bond donors (Lipinski definition) is 1. The van der Waals surface area contributed by atoms with Gasteiger partial charge in [0.15, 0.2) is 0 Å². The summed E-state index contributed by atoms with van der Waals surface area (Å²) in [5.41, 5.74) is 0. The maximum atomic E-state index is 12.9. The number of piperidine rings is 1. The molecule has 0 bridgehead atoms. The third-order valence-electron chi connectivity index (χ3n) is 4.91. The van der Waals surface area contributed by atoms with Crippen LogP contribution in [0.25, 0.3) is 0 Å². The van der Waals surface area contributed by atoms with Crippen LogP contribution >= 0.6 is 0 Å². The van der Waals surface area contributed by atoms with Crippen molar-refractivity contribution >= 4 is 10.2 Å². The molecule has 2 aliphatic heterocycles. The SMILES string of the molecule is CCCC1CCCN(S(=O)(=O)N2CCCCC2CO)CC1. The van der Waals surface area contributed by atoms with E-state index in [-0.39, 0.29) is 12.6 Å². The lowest BCUT2D eigenvalue weighted by atomic mass is 9.96. The number of aliphatic hydroxyl groups excluding tert-OH is 1. The summed E-state index contributed by atoms with van der Waals surface area (Å²) in [6, 6.07) is -0.224. The molecule has 1 N–H and O–H groups in total. The van der Waals surface area contributed by atoms with Gasteiger partial charge in [-0.1, -0.05) is 26.2 Å². The molecule has 0 aromatic heterocycles. The van der Waals surface area contributed by atoms with Gasteiger partial charge in [0.05, 0.1) is 6.61 Å². The summed E-state index contributed by atoms with van der Waals surface area (Å²) in [4.78, 5) is 0. The lowest BCUT2D eigenvalue weighted by Gasteiger charge is -2.37. The van der Waals surface area contributed by atoms with Crippen LogP contribution in [0.1, 0.15) is 58.3 Å². The quantitative estimate of drug-likeness (QED) is 0.843. The van der Waals surface area contributed by atoms with Gasteiger partial charge in [0.1, 0.15) is 0 Å². The Kier molecular flexibility index (Phi) is 6.47. The van der Waals surface area contributed by atoms with Crippen LogP contribution in [-0.2, 0) is 10.2 Å². The van der Waals surface area contributed by atoms with Gasteiger partial charge in [-0.2, -0.15) is 17.0 Å². The first kappa shape index (κ1) is 17.2. The highest BCUT2D eigenvalue weighted by Gasteiger charge is 2.36. The smallest absolute Gasteiger partial charge is 0.282 e. The minimum Gasteiger partial charge on any atom is -0.395 e. The largest absolute Gasteiger partial charge is 0.395 e. The maximum Gasteiger partial charge on any atom is 0.282 e. The Morgan fingerprint density at radius 2 is 1.86 bits per heavy atom. The normalized spacial score (nSPS) is 30.2. The summed E-state index contributed by atoms with van der Waals surface area (Å²) < 4.78 is 29.0. The highest BCUT2D eigenvalue weighted by molar-refractivity contribution is 7.86. The fourth-order valence-corrected chi connectivity index (χ4v) is 5.58. The van der Waals surface area contributed by atoms with E-state index in [1.807, 2.05) is 0 Å². The topological polar surface area (TPSA) is 60.9 Å². The zero-order valence-corrected chi connectivity index (χ0v) is 14.0. The van der Waals surface area contributed by atoms with E-state index in [2.05, 4.69) is 6.92 Å². The Labute approximate surface area is 129 Å². The predicted octanol–water partition coefficient (Wildman–Crippen LogP) is 1.98. The van der Waals surface area contributed by atoms with E-state index < -0.39 is 10.2 Å². The van der Waals surface area contributed by atoms with Crippen molar-refractivity contribution in [3.8, 4) is 0 Å². The van der Waals surface area contributed by atoms with Gasteiger partial charge in [0.25, 0.3) is 10.2 Å². The lowest BCUT2D eigenvalue weighted by molar-refractivity contribution is 0.147. The summed E-state index contributed by atoms with van der Waals surface area (Å²) in [5, 5.41) is 9.47. The van der Waals surface area contributed by atoms with E-state index >= 15 is 0 Å². The summed E-state index contributed by atoms with van der Waals surface area (Å²) in [6.45, 7) is 3.96. The molecule has 0 aliphatic carbocycles. The molecule has 0 aromatic rings. The number of nitrogens with zero attached hydrogens (tertiary/aromatic N) is 2. The number of rotatable bonds is 5. The lowest BCUT2D eigenvalue weighted by Crippen LogP contribution is -2.52. The number of aliphatic hydroxyl groups is 1. The van der Waals surface area contributed by atoms with E-state index in [1.165, 1.54) is 12.8 Å². The third-order valence-corrected chi connectivity index (χ3v) is 7.00. The van der Waals surface area contributed by atoms with Gasteiger partial charge < -0.3 is 5.11 Å². The first-order valence-corrected chi connectivity index (χ1v) is 9.87. The molecule has 0 aromatic carbocycles. The molecule has 2 fully saturated rings. The number of hydrogen-bond acceptors (Lipinski definition) is 3. The Hall–Kier alpha value is -0.170. The zero-order chi connectivity index (χ0) is 15.3. The Bertz CT molecular complexity index is 413. The van der Waals surface area contributed by atoms with Crippen LogP contribution in [0.3, 0.4) is 0 Å². The first-order valence-electron chi connectivity index (χ1n) is 8.47. The average molecular weight is 318 g/mol. The van der Waals surface area contributed by atoms with Gasteiger partial charge in [-0.05, 0) is 38.0 Å². The summed E-state index contributed by atoms with van der Waals surface area (Å²) in [6.07, 6.45) is 8.16. The first-order chi connectivity index (χ1) is 10.1. The Morgan fingerprint density at radius 1 is 1.05 bits per heavy atom. The second-order valence-electron chi connectivity index (χ2n) is 6.44. The van der Waals surface area contributed by atoms with Crippen LogP contribution < -0.4 is 0 Å². The van der Waals surface area contributed by atoms with Crippen molar-refractivity contribution in [2.45, 2.75) is 64.3 Å². The van der Waals surface area contributed by atoms with Crippen molar-refractivity contribution in [1.82, 2.24) is 8.61 Å². The molecule has 0 saturated carbocycles. The predicted molar refractivity (Wildman–Crippen MR) is 84.2 cm³/mol. The average Bonchev–Trinajstić information content (AvgIpc) is 2.74. The molecule has 2 saturated heterocycles. The molecule has 6 heteroatoms. The molecule has 5 nitrogen and oxygen atoms in total. The molecular formula is C15H30N2O3S. The third kappa shape index (κ3) is 4.18. The van der Waals surface area contributed by atoms with Crippen molar-refractivity contribution < 1.29 is 13.5 Å². The molecule has 2 aliphatic rings. The van der Waals surface area contributed by atoms with Gasteiger partial charge in [-0.15, -0.1) is 0 Å². The van der Waals surface area contributed by atoms with Crippen molar-refractivity contribution in [3.05, 3.63) is 0 Å². The highest BCUT2D eigenvalue weighted by Crippen LogP contribution is 2.27. The molecule has 21 heavy (non-hydrogen) atoms.